The molecule has 2 aliphatic rings. The van der Waals surface area contributed by atoms with Crippen molar-refractivity contribution in [2.45, 2.75) is 44.9 Å². The highest BCUT2D eigenvalue weighted by molar-refractivity contribution is 5.99. The van der Waals surface area contributed by atoms with E-state index in [1.807, 2.05) is 24.4 Å². The first-order valence-corrected chi connectivity index (χ1v) is 8.93. The first-order valence-electron chi connectivity index (χ1n) is 8.93. The van der Waals surface area contributed by atoms with Gasteiger partial charge >= 0.3 is 0 Å². The lowest BCUT2D eigenvalue weighted by Gasteiger charge is -2.12. The molecule has 1 unspecified atom stereocenters. The number of aromatic nitrogens is 1. The molecule has 24 heavy (non-hydrogen) atoms. The molecule has 2 N–H and O–H groups in total. The van der Waals surface area contributed by atoms with Crippen molar-refractivity contribution >= 4 is 23.0 Å². The molecule has 1 amide bonds. The van der Waals surface area contributed by atoms with Crippen molar-refractivity contribution in [1.82, 2.24) is 10.4 Å². The number of carbonyl (C=O) groups is 1. The van der Waals surface area contributed by atoms with Crippen LogP contribution in [0, 0.1) is 5.92 Å². The standard InChI is InChI=1S/C20H23N3O/c24-20(23-21-13-14-6-2-1-3-7-14)15-10-11-19-17(12-15)16-8-4-5-9-18(16)22-19/h1-2,10-14,22H,3-9H2,(H,23,24)/b21-13+. The zero-order chi connectivity index (χ0) is 16.4. The van der Waals surface area contributed by atoms with Crippen molar-refractivity contribution in [3.8, 4) is 0 Å². The van der Waals surface area contributed by atoms with E-state index in [1.54, 1.807) is 0 Å². The van der Waals surface area contributed by atoms with E-state index in [-0.39, 0.29) is 5.91 Å². The molecule has 0 fully saturated rings. The summed E-state index contributed by atoms with van der Waals surface area (Å²) in [6.07, 6.45) is 14.2. The molecule has 0 radical (unpaired) electrons. The lowest BCUT2D eigenvalue weighted by atomic mass is 9.95. The second-order valence-corrected chi connectivity index (χ2v) is 6.81. The molecule has 1 heterocycles. The van der Waals surface area contributed by atoms with Crippen LogP contribution in [0.4, 0.5) is 0 Å². The molecule has 2 aliphatic carbocycles. The third kappa shape index (κ3) is 3.01. The lowest BCUT2D eigenvalue weighted by molar-refractivity contribution is 0.0955. The van der Waals surface area contributed by atoms with Crippen LogP contribution in [0.2, 0.25) is 0 Å². The summed E-state index contributed by atoms with van der Waals surface area (Å²) >= 11 is 0. The number of rotatable bonds is 3. The minimum atomic E-state index is -0.134. The molecule has 2 aromatic rings. The quantitative estimate of drug-likeness (QED) is 0.499. The van der Waals surface area contributed by atoms with E-state index >= 15 is 0 Å². The fraction of sp³-hybridized carbons (Fsp3) is 0.400. The smallest absolute Gasteiger partial charge is 0.271 e. The van der Waals surface area contributed by atoms with E-state index in [2.05, 4.69) is 27.7 Å². The fourth-order valence-electron chi connectivity index (χ4n) is 3.77. The molecular formula is C20H23N3O. The molecule has 0 bridgehead atoms. The van der Waals surface area contributed by atoms with Crippen molar-refractivity contribution in [3.63, 3.8) is 0 Å². The number of aromatic amines is 1. The number of aryl methyl sites for hydroxylation is 2. The summed E-state index contributed by atoms with van der Waals surface area (Å²) in [6.45, 7) is 0. The van der Waals surface area contributed by atoms with Gasteiger partial charge in [0.2, 0.25) is 0 Å². The second kappa shape index (κ2) is 6.63. The fourth-order valence-corrected chi connectivity index (χ4v) is 3.77. The number of nitrogens with zero attached hydrogens (tertiary/aromatic N) is 1. The summed E-state index contributed by atoms with van der Waals surface area (Å²) in [7, 11) is 0. The van der Waals surface area contributed by atoms with Gasteiger partial charge in [-0.05, 0) is 74.6 Å². The molecule has 1 aromatic carbocycles. The Labute approximate surface area is 142 Å². The number of hydrogen-bond donors (Lipinski definition) is 2. The summed E-state index contributed by atoms with van der Waals surface area (Å²) < 4.78 is 0. The predicted molar refractivity (Wildman–Crippen MR) is 97.4 cm³/mol. The van der Waals surface area contributed by atoms with E-state index in [4.69, 9.17) is 0 Å². The predicted octanol–water partition coefficient (Wildman–Crippen LogP) is 4.12. The Morgan fingerprint density at radius 1 is 1.25 bits per heavy atom. The van der Waals surface area contributed by atoms with E-state index < -0.39 is 0 Å². The van der Waals surface area contributed by atoms with Crippen LogP contribution in [-0.4, -0.2) is 17.1 Å². The van der Waals surface area contributed by atoms with Gasteiger partial charge < -0.3 is 4.98 Å². The van der Waals surface area contributed by atoms with Gasteiger partial charge in [0.15, 0.2) is 0 Å². The maximum Gasteiger partial charge on any atom is 0.271 e. The Kier molecular flexibility index (Phi) is 4.20. The summed E-state index contributed by atoms with van der Waals surface area (Å²) in [5.74, 6) is 0.305. The van der Waals surface area contributed by atoms with Gasteiger partial charge in [-0.25, -0.2) is 5.43 Å². The molecule has 124 valence electrons. The molecule has 1 atom stereocenters. The second-order valence-electron chi connectivity index (χ2n) is 6.81. The molecule has 4 rings (SSSR count). The topological polar surface area (TPSA) is 57.2 Å². The van der Waals surface area contributed by atoms with Crippen LogP contribution >= 0.6 is 0 Å². The number of benzene rings is 1. The number of hydrazone groups is 1. The molecule has 1 aromatic heterocycles. The number of hydrogen-bond acceptors (Lipinski definition) is 2. The summed E-state index contributed by atoms with van der Waals surface area (Å²) in [5.41, 5.74) is 7.23. The lowest BCUT2D eigenvalue weighted by Crippen LogP contribution is -2.18. The van der Waals surface area contributed by atoms with Crippen LogP contribution in [0.5, 0.6) is 0 Å². The number of carbonyl (C=O) groups excluding carboxylic acids is 1. The van der Waals surface area contributed by atoms with E-state index in [0.717, 1.165) is 37.6 Å². The van der Waals surface area contributed by atoms with Gasteiger partial charge in [-0.2, -0.15) is 5.10 Å². The van der Waals surface area contributed by atoms with Gasteiger partial charge in [-0.1, -0.05) is 12.2 Å². The highest BCUT2D eigenvalue weighted by Gasteiger charge is 2.16. The molecule has 4 heteroatoms. The number of allylic oxidation sites excluding steroid dienone is 2. The summed E-state index contributed by atoms with van der Waals surface area (Å²) in [4.78, 5) is 15.9. The monoisotopic (exact) mass is 321 g/mol. The third-order valence-electron chi connectivity index (χ3n) is 5.12. The van der Waals surface area contributed by atoms with E-state index in [9.17, 15) is 4.79 Å². The highest BCUT2D eigenvalue weighted by atomic mass is 16.2. The molecule has 0 aliphatic heterocycles. The Hall–Kier alpha value is -2.36. The average molecular weight is 321 g/mol. The Morgan fingerprint density at radius 2 is 2.17 bits per heavy atom. The normalized spacial score (nSPS) is 20.4. The summed E-state index contributed by atoms with van der Waals surface area (Å²) in [6, 6.07) is 5.89. The van der Waals surface area contributed by atoms with Crippen LogP contribution in [0.3, 0.4) is 0 Å². The van der Waals surface area contributed by atoms with Gasteiger partial charge in [0.1, 0.15) is 0 Å². The van der Waals surface area contributed by atoms with Gasteiger partial charge in [0.05, 0.1) is 0 Å². The van der Waals surface area contributed by atoms with Gasteiger partial charge in [0.25, 0.3) is 5.91 Å². The molecular weight excluding hydrogens is 298 g/mol. The van der Waals surface area contributed by atoms with Crippen molar-refractivity contribution in [1.29, 1.82) is 0 Å². The molecule has 0 saturated heterocycles. The maximum absolute atomic E-state index is 12.4. The Balaban J connectivity index is 1.49. The number of H-pyrrole nitrogens is 1. The van der Waals surface area contributed by atoms with Crippen LogP contribution in [0.15, 0.2) is 35.5 Å². The number of nitrogens with one attached hydrogen (secondary N) is 2. The molecule has 0 spiro atoms. The van der Waals surface area contributed by atoms with Crippen LogP contribution in [0.1, 0.15) is 53.7 Å². The van der Waals surface area contributed by atoms with Crippen LogP contribution in [-0.2, 0) is 12.8 Å². The average Bonchev–Trinajstić information content (AvgIpc) is 3.00. The largest absolute Gasteiger partial charge is 0.358 e. The van der Waals surface area contributed by atoms with Gasteiger partial charge in [0, 0.05) is 28.4 Å². The Morgan fingerprint density at radius 3 is 3.04 bits per heavy atom. The minimum absolute atomic E-state index is 0.134. The number of fused-ring (bicyclic) bond motifs is 3. The summed E-state index contributed by atoms with van der Waals surface area (Å²) in [5, 5.41) is 5.35. The van der Waals surface area contributed by atoms with E-state index in [0.29, 0.717) is 11.5 Å². The van der Waals surface area contributed by atoms with Gasteiger partial charge in [-0.3, -0.25) is 4.79 Å². The van der Waals surface area contributed by atoms with E-state index in [1.165, 1.54) is 29.5 Å². The van der Waals surface area contributed by atoms with Crippen molar-refractivity contribution in [3.05, 3.63) is 47.2 Å². The minimum Gasteiger partial charge on any atom is -0.358 e. The first-order chi connectivity index (χ1) is 11.8. The van der Waals surface area contributed by atoms with Gasteiger partial charge in [-0.15, -0.1) is 0 Å². The molecule has 0 saturated carbocycles. The third-order valence-corrected chi connectivity index (χ3v) is 5.12. The Bertz CT molecular complexity index is 816. The first kappa shape index (κ1) is 15.2. The zero-order valence-corrected chi connectivity index (χ0v) is 13.8. The van der Waals surface area contributed by atoms with Crippen molar-refractivity contribution < 1.29 is 4.79 Å². The van der Waals surface area contributed by atoms with Crippen molar-refractivity contribution in [2.75, 3.05) is 0 Å². The maximum atomic E-state index is 12.4. The number of amides is 1. The zero-order valence-electron chi connectivity index (χ0n) is 13.8. The van der Waals surface area contributed by atoms with Crippen LogP contribution in [0.25, 0.3) is 10.9 Å². The molecule has 4 nitrogen and oxygen atoms in total. The highest BCUT2D eigenvalue weighted by Crippen LogP contribution is 2.29. The SMILES string of the molecule is O=C(N/N=C/C1CC=CCC1)c1ccc2[nH]c3c(c2c1)CCCC3. The van der Waals surface area contributed by atoms with Crippen molar-refractivity contribution in [2.24, 2.45) is 11.0 Å². The van der Waals surface area contributed by atoms with Crippen LogP contribution < -0.4 is 5.43 Å².